The summed E-state index contributed by atoms with van der Waals surface area (Å²) < 4.78 is 5.74. The number of carbonyl (C=O) groups is 1. The summed E-state index contributed by atoms with van der Waals surface area (Å²) in [6, 6.07) is 7.33. The summed E-state index contributed by atoms with van der Waals surface area (Å²) in [6.45, 7) is 7.99. The molecule has 0 aliphatic rings. The normalized spacial score (nSPS) is 11.2. The first kappa shape index (κ1) is 20.7. The molecule has 27 heavy (non-hydrogen) atoms. The van der Waals surface area contributed by atoms with E-state index in [1.807, 2.05) is 39.1 Å². The molecule has 0 atom stereocenters. The molecule has 0 radical (unpaired) electrons. The average Bonchev–Trinajstić information content (AvgIpc) is 3.02. The Labute approximate surface area is 164 Å². The van der Waals surface area contributed by atoms with Gasteiger partial charge in [0.1, 0.15) is 12.4 Å². The second-order valence-electron chi connectivity index (χ2n) is 6.01. The molecule has 0 unspecified atom stereocenters. The number of carbonyl (C=O) groups excluding carboxylic acids is 1. The molecule has 7 nitrogen and oxygen atoms in total. The van der Waals surface area contributed by atoms with E-state index in [0.717, 1.165) is 28.9 Å². The van der Waals surface area contributed by atoms with E-state index in [1.54, 1.807) is 17.4 Å². The van der Waals surface area contributed by atoms with Crippen LogP contribution in [-0.2, 0) is 11.3 Å². The van der Waals surface area contributed by atoms with Crippen molar-refractivity contribution in [2.45, 2.75) is 27.3 Å². The van der Waals surface area contributed by atoms with Gasteiger partial charge in [0, 0.05) is 37.6 Å². The third-order valence-electron chi connectivity index (χ3n) is 3.54. The highest BCUT2D eigenvalue weighted by Crippen LogP contribution is 2.17. The zero-order chi connectivity index (χ0) is 19.6. The number of nitrogens with zero attached hydrogens (tertiary/aromatic N) is 3. The second kappa shape index (κ2) is 10.5. The van der Waals surface area contributed by atoms with Crippen LogP contribution in [0.3, 0.4) is 0 Å². The monoisotopic (exact) mass is 389 g/mol. The van der Waals surface area contributed by atoms with Gasteiger partial charge < -0.3 is 20.3 Å². The largest absolute Gasteiger partial charge is 0.492 e. The van der Waals surface area contributed by atoms with Crippen LogP contribution in [0.4, 0.5) is 5.69 Å². The molecule has 2 N–H and O–H groups in total. The van der Waals surface area contributed by atoms with Gasteiger partial charge in [-0.15, -0.1) is 11.3 Å². The maximum absolute atomic E-state index is 11.1. The van der Waals surface area contributed by atoms with Crippen molar-refractivity contribution >= 4 is 28.9 Å². The number of thiazole rings is 1. The minimum absolute atomic E-state index is 0.106. The molecule has 2 rings (SSSR count). The Kier molecular flexibility index (Phi) is 8.06. The Balaban J connectivity index is 1.88. The number of anilines is 1. The van der Waals surface area contributed by atoms with E-state index in [-0.39, 0.29) is 5.91 Å². The number of guanidine groups is 1. The van der Waals surface area contributed by atoms with Crippen molar-refractivity contribution in [3.8, 4) is 5.75 Å². The van der Waals surface area contributed by atoms with Gasteiger partial charge in [0.25, 0.3) is 0 Å². The molecule has 1 aromatic carbocycles. The minimum atomic E-state index is -0.106. The fraction of sp³-hybridized carbons (Fsp3) is 0.421. The summed E-state index contributed by atoms with van der Waals surface area (Å²) in [5, 5.41) is 9.16. The molecule has 0 spiro atoms. The minimum Gasteiger partial charge on any atom is -0.492 e. The van der Waals surface area contributed by atoms with Crippen LogP contribution in [0, 0.1) is 6.92 Å². The number of hydrogen-bond donors (Lipinski definition) is 2. The SMILES string of the molecule is CCNC(=NCCOc1cccc(NC(C)=O)c1)N(C)Cc1csc(C)n1. The van der Waals surface area contributed by atoms with Gasteiger partial charge in [-0.25, -0.2) is 9.98 Å². The Bertz CT molecular complexity index is 775. The van der Waals surface area contributed by atoms with E-state index in [9.17, 15) is 4.79 Å². The van der Waals surface area contributed by atoms with Gasteiger partial charge in [0.15, 0.2) is 5.96 Å². The number of rotatable bonds is 8. The predicted octanol–water partition coefficient (Wildman–Crippen LogP) is 2.89. The summed E-state index contributed by atoms with van der Waals surface area (Å²) in [4.78, 5) is 22.3. The standard InChI is InChI=1S/C19H27N5O2S/c1-5-20-19(24(4)12-17-13-27-15(3)23-17)21-9-10-26-18-8-6-7-16(11-18)22-14(2)25/h6-8,11,13H,5,9-10,12H2,1-4H3,(H,20,21)(H,22,25). The molecule has 0 saturated carbocycles. The first-order valence-corrected chi connectivity index (χ1v) is 9.76. The van der Waals surface area contributed by atoms with Crippen molar-refractivity contribution in [1.82, 2.24) is 15.2 Å². The van der Waals surface area contributed by atoms with Crippen molar-refractivity contribution in [2.75, 3.05) is 32.1 Å². The van der Waals surface area contributed by atoms with Gasteiger partial charge >= 0.3 is 0 Å². The smallest absolute Gasteiger partial charge is 0.221 e. The zero-order valence-corrected chi connectivity index (χ0v) is 17.1. The number of amides is 1. The molecule has 0 saturated heterocycles. The first-order valence-electron chi connectivity index (χ1n) is 8.89. The lowest BCUT2D eigenvalue weighted by Gasteiger charge is -2.21. The van der Waals surface area contributed by atoms with Crippen molar-refractivity contribution in [3.63, 3.8) is 0 Å². The van der Waals surface area contributed by atoms with E-state index in [1.165, 1.54) is 6.92 Å². The van der Waals surface area contributed by atoms with Crippen LogP contribution in [-0.4, -0.2) is 48.5 Å². The molecular weight excluding hydrogens is 362 g/mol. The third kappa shape index (κ3) is 7.26. The van der Waals surface area contributed by atoms with Gasteiger partial charge in [0.2, 0.25) is 5.91 Å². The lowest BCUT2D eigenvalue weighted by Crippen LogP contribution is -2.38. The van der Waals surface area contributed by atoms with E-state index < -0.39 is 0 Å². The summed E-state index contributed by atoms with van der Waals surface area (Å²) in [5.41, 5.74) is 1.76. The van der Waals surface area contributed by atoms with Crippen molar-refractivity contribution in [3.05, 3.63) is 40.3 Å². The molecule has 0 aliphatic heterocycles. The molecule has 1 heterocycles. The molecule has 0 bridgehead atoms. The second-order valence-corrected chi connectivity index (χ2v) is 7.07. The zero-order valence-electron chi connectivity index (χ0n) is 16.3. The topological polar surface area (TPSA) is 78.9 Å². The Morgan fingerprint density at radius 3 is 2.89 bits per heavy atom. The highest BCUT2D eigenvalue weighted by atomic mass is 32.1. The number of aromatic nitrogens is 1. The van der Waals surface area contributed by atoms with E-state index >= 15 is 0 Å². The quantitative estimate of drug-likeness (QED) is 0.412. The van der Waals surface area contributed by atoms with Crippen LogP contribution in [0.25, 0.3) is 0 Å². The van der Waals surface area contributed by atoms with Gasteiger partial charge in [0.05, 0.1) is 23.8 Å². The highest BCUT2D eigenvalue weighted by molar-refractivity contribution is 7.09. The average molecular weight is 390 g/mol. The maximum Gasteiger partial charge on any atom is 0.221 e. The highest BCUT2D eigenvalue weighted by Gasteiger charge is 2.08. The van der Waals surface area contributed by atoms with E-state index in [0.29, 0.717) is 25.4 Å². The fourth-order valence-corrected chi connectivity index (χ4v) is 3.05. The van der Waals surface area contributed by atoms with Crippen LogP contribution in [0.15, 0.2) is 34.6 Å². The third-order valence-corrected chi connectivity index (χ3v) is 4.36. The van der Waals surface area contributed by atoms with Crippen molar-refractivity contribution < 1.29 is 9.53 Å². The van der Waals surface area contributed by atoms with E-state index in [2.05, 4.69) is 30.9 Å². The van der Waals surface area contributed by atoms with Gasteiger partial charge in [-0.1, -0.05) is 6.07 Å². The summed E-state index contributed by atoms with van der Waals surface area (Å²) in [6.07, 6.45) is 0. The molecule has 0 aliphatic carbocycles. The molecule has 1 aromatic heterocycles. The van der Waals surface area contributed by atoms with Crippen LogP contribution in [0.2, 0.25) is 0 Å². The molecule has 0 fully saturated rings. The summed E-state index contributed by atoms with van der Waals surface area (Å²) in [5.74, 6) is 1.41. The molecule has 146 valence electrons. The Hall–Kier alpha value is -2.61. The maximum atomic E-state index is 11.1. The number of aliphatic imine (C=N–C) groups is 1. The molecule has 8 heteroatoms. The van der Waals surface area contributed by atoms with Gasteiger partial charge in [-0.3, -0.25) is 4.79 Å². The van der Waals surface area contributed by atoms with Crippen molar-refractivity contribution in [2.24, 2.45) is 4.99 Å². The summed E-state index contributed by atoms with van der Waals surface area (Å²) in [7, 11) is 1.99. The number of ether oxygens (including phenoxy) is 1. The number of aryl methyl sites for hydroxylation is 1. The molecule has 1 amide bonds. The van der Waals surface area contributed by atoms with Crippen molar-refractivity contribution in [1.29, 1.82) is 0 Å². The molecular formula is C19H27N5O2S. The van der Waals surface area contributed by atoms with Crippen LogP contribution < -0.4 is 15.4 Å². The van der Waals surface area contributed by atoms with Gasteiger partial charge in [-0.05, 0) is 26.0 Å². The number of hydrogen-bond acceptors (Lipinski definition) is 5. The number of nitrogens with one attached hydrogen (secondary N) is 2. The Morgan fingerprint density at radius 2 is 2.22 bits per heavy atom. The Morgan fingerprint density at radius 1 is 1.41 bits per heavy atom. The first-order chi connectivity index (χ1) is 13.0. The fourth-order valence-electron chi connectivity index (χ4n) is 2.45. The summed E-state index contributed by atoms with van der Waals surface area (Å²) >= 11 is 1.65. The van der Waals surface area contributed by atoms with Crippen LogP contribution >= 0.6 is 11.3 Å². The van der Waals surface area contributed by atoms with Gasteiger partial charge in [-0.2, -0.15) is 0 Å². The number of benzene rings is 1. The lowest BCUT2D eigenvalue weighted by atomic mass is 10.3. The van der Waals surface area contributed by atoms with E-state index in [4.69, 9.17) is 4.74 Å². The van der Waals surface area contributed by atoms with Crippen LogP contribution in [0.5, 0.6) is 5.75 Å². The van der Waals surface area contributed by atoms with Crippen LogP contribution in [0.1, 0.15) is 24.5 Å². The molecule has 2 aromatic rings. The lowest BCUT2D eigenvalue weighted by molar-refractivity contribution is -0.114. The predicted molar refractivity (Wildman–Crippen MR) is 111 cm³/mol.